The van der Waals surface area contributed by atoms with Gasteiger partial charge >= 0.3 is 0 Å². The minimum Gasteiger partial charge on any atom is -0.496 e. The fourth-order valence-electron chi connectivity index (χ4n) is 1.75. The number of nitrogens with two attached hydrogens (primary N) is 1. The number of aromatic amines is 1. The standard InChI is InChI=1S/C13H15N3O2/c1-8(14)10-7-11(15-16-13(10)17)9-5-3-4-6-12(9)18-2/h3-8H,14H2,1-2H3,(H,16,17). The second-order valence-corrected chi connectivity index (χ2v) is 4.03. The Balaban J connectivity index is 2.58. The van der Waals surface area contributed by atoms with Crippen LogP contribution < -0.4 is 16.0 Å². The first-order valence-electron chi connectivity index (χ1n) is 5.62. The molecule has 1 aromatic carbocycles. The molecule has 0 saturated heterocycles. The Morgan fingerprint density at radius 3 is 2.78 bits per heavy atom. The number of ether oxygens (including phenoxy) is 1. The average Bonchev–Trinajstić information content (AvgIpc) is 2.39. The average molecular weight is 245 g/mol. The second-order valence-electron chi connectivity index (χ2n) is 4.03. The van der Waals surface area contributed by atoms with Crippen molar-refractivity contribution < 1.29 is 4.74 Å². The van der Waals surface area contributed by atoms with Crippen LogP contribution in [0.5, 0.6) is 5.75 Å². The SMILES string of the molecule is COc1ccccc1-c1cc(C(C)N)c(=O)[nH]n1. The highest BCUT2D eigenvalue weighted by atomic mass is 16.5. The summed E-state index contributed by atoms with van der Waals surface area (Å²) in [5.74, 6) is 0.702. The first-order chi connectivity index (χ1) is 8.63. The molecule has 2 rings (SSSR count). The summed E-state index contributed by atoms with van der Waals surface area (Å²) >= 11 is 0. The van der Waals surface area contributed by atoms with Gasteiger partial charge in [0, 0.05) is 17.2 Å². The number of hydrogen-bond donors (Lipinski definition) is 2. The zero-order chi connectivity index (χ0) is 13.1. The maximum atomic E-state index is 11.6. The van der Waals surface area contributed by atoms with Crippen LogP contribution in [0.15, 0.2) is 35.1 Å². The van der Waals surface area contributed by atoms with Gasteiger partial charge in [-0.2, -0.15) is 5.10 Å². The van der Waals surface area contributed by atoms with Crippen LogP contribution in [0.3, 0.4) is 0 Å². The zero-order valence-electron chi connectivity index (χ0n) is 10.3. The van der Waals surface area contributed by atoms with E-state index in [0.717, 1.165) is 5.56 Å². The minimum absolute atomic E-state index is 0.261. The van der Waals surface area contributed by atoms with E-state index in [1.807, 2.05) is 24.3 Å². The van der Waals surface area contributed by atoms with Gasteiger partial charge in [-0.15, -0.1) is 0 Å². The van der Waals surface area contributed by atoms with Gasteiger partial charge < -0.3 is 10.5 Å². The van der Waals surface area contributed by atoms with E-state index in [-0.39, 0.29) is 11.6 Å². The van der Waals surface area contributed by atoms with E-state index >= 15 is 0 Å². The molecule has 1 unspecified atom stereocenters. The van der Waals surface area contributed by atoms with E-state index in [1.165, 1.54) is 0 Å². The van der Waals surface area contributed by atoms with Crippen molar-refractivity contribution in [3.8, 4) is 17.0 Å². The molecule has 0 fully saturated rings. The molecule has 0 aliphatic rings. The largest absolute Gasteiger partial charge is 0.496 e. The number of methoxy groups -OCH3 is 1. The summed E-state index contributed by atoms with van der Waals surface area (Å²) in [6, 6.07) is 8.83. The highest BCUT2D eigenvalue weighted by molar-refractivity contribution is 5.67. The third kappa shape index (κ3) is 2.26. The maximum Gasteiger partial charge on any atom is 0.268 e. The molecule has 2 aromatic rings. The Labute approximate surface area is 105 Å². The second kappa shape index (κ2) is 5.01. The summed E-state index contributed by atoms with van der Waals surface area (Å²) in [6.07, 6.45) is 0. The predicted octanol–water partition coefficient (Wildman–Crippen LogP) is 1.47. The minimum atomic E-state index is -0.342. The van der Waals surface area contributed by atoms with Crippen LogP contribution in [0.4, 0.5) is 0 Å². The molecular weight excluding hydrogens is 230 g/mol. The molecular formula is C13H15N3O2. The van der Waals surface area contributed by atoms with Gasteiger partial charge in [0.1, 0.15) is 5.75 Å². The molecule has 5 nitrogen and oxygen atoms in total. The lowest BCUT2D eigenvalue weighted by atomic mass is 10.1. The topological polar surface area (TPSA) is 81.0 Å². The Hall–Kier alpha value is -2.14. The van der Waals surface area contributed by atoms with E-state index in [4.69, 9.17) is 10.5 Å². The van der Waals surface area contributed by atoms with Crippen LogP contribution in [-0.4, -0.2) is 17.3 Å². The monoisotopic (exact) mass is 245 g/mol. The van der Waals surface area contributed by atoms with Gasteiger partial charge in [0.05, 0.1) is 12.8 Å². The highest BCUT2D eigenvalue weighted by Crippen LogP contribution is 2.27. The van der Waals surface area contributed by atoms with E-state index in [1.54, 1.807) is 20.1 Å². The van der Waals surface area contributed by atoms with Crippen molar-refractivity contribution in [2.75, 3.05) is 7.11 Å². The summed E-state index contributed by atoms with van der Waals surface area (Å²) in [6.45, 7) is 1.76. The molecule has 18 heavy (non-hydrogen) atoms. The molecule has 94 valence electrons. The van der Waals surface area contributed by atoms with Crippen molar-refractivity contribution in [1.82, 2.24) is 10.2 Å². The van der Waals surface area contributed by atoms with E-state index < -0.39 is 0 Å². The smallest absolute Gasteiger partial charge is 0.268 e. The number of rotatable bonds is 3. The lowest BCUT2D eigenvalue weighted by Gasteiger charge is -2.09. The van der Waals surface area contributed by atoms with Crippen LogP contribution in [-0.2, 0) is 0 Å². The lowest BCUT2D eigenvalue weighted by molar-refractivity contribution is 0.416. The van der Waals surface area contributed by atoms with E-state index in [2.05, 4.69) is 10.2 Å². The molecule has 0 spiro atoms. The molecule has 0 amide bonds. The van der Waals surface area contributed by atoms with Gasteiger partial charge in [-0.25, -0.2) is 5.10 Å². The summed E-state index contributed by atoms with van der Waals surface area (Å²) < 4.78 is 5.27. The van der Waals surface area contributed by atoms with Crippen LogP contribution in [0, 0.1) is 0 Å². The van der Waals surface area contributed by atoms with Crippen LogP contribution in [0.1, 0.15) is 18.5 Å². The lowest BCUT2D eigenvalue weighted by Crippen LogP contribution is -2.20. The first-order valence-corrected chi connectivity index (χ1v) is 5.62. The number of nitrogens with zero attached hydrogens (tertiary/aromatic N) is 1. The van der Waals surface area contributed by atoms with Gasteiger partial charge in [-0.05, 0) is 25.1 Å². The number of nitrogens with one attached hydrogen (secondary N) is 1. The fraction of sp³-hybridized carbons (Fsp3) is 0.231. The van der Waals surface area contributed by atoms with Crippen molar-refractivity contribution in [2.24, 2.45) is 5.73 Å². The van der Waals surface area contributed by atoms with E-state index in [0.29, 0.717) is 17.0 Å². The van der Waals surface area contributed by atoms with Crippen molar-refractivity contribution in [3.63, 3.8) is 0 Å². The predicted molar refractivity (Wildman–Crippen MR) is 69.4 cm³/mol. The number of H-pyrrole nitrogens is 1. The van der Waals surface area contributed by atoms with Gasteiger partial charge in [-0.1, -0.05) is 12.1 Å². The third-order valence-corrected chi connectivity index (χ3v) is 2.71. The number of hydrogen-bond acceptors (Lipinski definition) is 4. The molecule has 1 heterocycles. The molecule has 0 aliphatic heterocycles. The molecule has 0 aliphatic carbocycles. The van der Waals surface area contributed by atoms with Gasteiger partial charge in [0.25, 0.3) is 5.56 Å². The molecule has 1 atom stereocenters. The van der Waals surface area contributed by atoms with Crippen molar-refractivity contribution in [3.05, 3.63) is 46.2 Å². The Morgan fingerprint density at radius 1 is 1.39 bits per heavy atom. The first kappa shape index (κ1) is 12.3. The third-order valence-electron chi connectivity index (χ3n) is 2.71. The zero-order valence-corrected chi connectivity index (χ0v) is 10.3. The molecule has 0 bridgehead atoms. The van der Waals surface area contributed by atoms with Gasteiger partial charge in [0.15, 0.2) is 0 Å². The Morgan fingerprint density at radius 2 is 2.11 bits per heavy atom. The molecule has 3 N–H and O–H groups in total. The van der Waals surface area contributed by atoms with Gasteiger partial charge in [-0.3, -0.25) is 4.79 Å². The summed E-state index contributed by atoms with van der Waals surface area (Å²) in [7, 11) is 1.59. The molecule has 0 saturated carbocycles. The quantitative estimate of drug-likeness (QED) is 0.857. The Bertz CT molecular complexity index is 605. The highest BCUT2D eigenvalue weighted by Gasteiger charge is 2.11. The number of aromatic nitrogens is 2. The normalized spacial score (nSPS) is 12.2. The van der Waals surface area contributed by atoms with Crippen molar-refractivity contribution >= 4 is 0 Å². The van der Waals surface area contributed by atoms with Crippen molar-refractivity contribution in [2.45, 2.75) is 13.0 Å². The number of benzene rings is 1. The maximum absolute atomic E-state index is 11.6. The molecule has 0 radical (unpaired) electrons. The summed E-state index contributed by atoms with van der Waals surface area (Å²) in [4.78, 5) is 11.6. The van der Waals surface area contributed by atoms with Crippen LogP contribution in [0.2, 0.25) is 0 Å². The van der Waals surface area contributed by atoms with Crippen molar-refractivity contribution in [1.29, 1.82) is 0 Å². The van der Waals surface area contributed by atoms with Crippen LogP contribution in [0.25, 0.3) is 11.3 Å². The molecule has 5 heteroatoms. The Kier molecular flexibility index (Phi) is 3.43. The van der Waals surface area contributed by atoms with Gasteiger partial charge in [0.2, 0.25) is 0 Å². The van der Waals surface area contributed by atoms with Crippen LogP contribution >= 0.6 is 0 Å². The molecule has 1 aromatic heterocycles. The summed E-state index contributed by atoms with van der Waals surface area (Å²) in [5.41, 5.74) is 7.45. The van der Waals surface area contributed by atoms with E-state index in [9.17, 15) is 4.79 Å². The summed E-state index contributed by atoms with van der Waals surface area (Å²) in [5, 5.41) is 6.49. The fourth-order valence-corrected chi connectivity index (χ4v) is 1.75. The number of para-hydroxylation sites is 1.